The smallest absolute Gasteiger partial charge is 0.364 e. The van der Waals surface area contributed by atoms with E-state index in [1.807, 2.05) is 36.4 Å². The number of halogens is 1. The Hall–Kier alpha value is -2.61. The molecule has 0 bridgehead atoms. The molecule has 0 spiro atoms. The maximum absolute atomic E-state index is 12.7. The standard InChI is InChI=1S/C20H19ClN2O5/c1-26-19(25)20-15-8-7-14(21)9-13(15)10-16(20)28-17(22-23-20)18(24)27-11-12-5-3-2-4-6-12/h2-7,9-10,15,17,22-23H,8,11H2,1H3/t15-,17+,20-/m1/s1. The topological polar surface area (TPSA) is 85.9 Å². The zero-order valence-corrected chi connectivity index (χ0v) is 15.9. The summed E-state index contributed by atoms with van der Waals surface area (Å²) in [5, 5.41) is 0.591. The highest BCUT2D eigenvalue weighted by molar-refractivity contribution is 6.31. The van der Waals surface area contributed by atoms with Crippen LogP contribution in [-0.4, -0.2) is 30.8 Å². The van der Waals surface area contributed by atoms with E-state index in [4.69, 9.17) is 25.8 Å². The van der Waals surface area contributed by atoms with Crippen LogP contribution in [0.3, 0.4) is 0 Å². The van der Waals surface area contributed by atoms with Crippen molar-refractivity contribution in [1.82, 2.24) is 10.9 Å². The molecule has 8 heteroatoms. The molecular formula is C20H19ClN2O5. The number of carbonyl (C=O) groups excluding carboxylic acids is 2. The summed E-state index contributed by atoms with van der Waals surface area (Å²) < 4.78 is 16.1. The Morgan fingerprint density at radius 3 is 2.82 bits per heavy atom. The van der Waals surface area contributed by atoms with Gasteiger partial charge in [-0.15, -0.1) is 0 Å². The second-order valence-electron chi connectivity index (χ2n) is 6.69. The normalized spacial score (nSPS) is 28.0. The van der Waals surface area contributed by atoms with Gasteiger partial charge in [-0.25, -0.2) is 20.4 Å². The summed E-state index contributed by atoms with van der Waals surface area (Å²) in [6.07, 6.45) is 4.76. The summed E-state index contributed by atoms with van der Waals surface area (Å²) in [5.41, 5.74) is 6.15. The number of rotatable bonds is 4. The SMILES string of the molecule is COC(=O)[C@]12NN[C@H](C(=O)OCc3ccccc3)OC1=CC1=CC(Cl)=CC[C@H]12. The Morgan fingerprint density at radius 2 is 2.07 bits per heavy atom. The van der Waals surface area contributed by atoms with Gasteiger partial charge in [0.1, 0.15) is 12.4 Å². The first-order valence-corrected chi connectivity index (χ1v) is 9.20. The number of benzene rings is 1. The lowest BCUT2D eigenvalue weighted by Gasteiger charge is -2.41. The molecule has 1 aromatic rings. The van der Waals surface area contributed by atoms with Gasteiger partial charge in [0.25, 0.3) is 6.23 Å². The van der Waals surface area contributed by atoms with Gasteiger partial charge >= 0.3 is 11.9 Å². The van der Waals surface area contributed by atoms with Crippen LogP contribution in [0.1, 0.15) is 12.0 Å². The number of hydrazine groups is 1. The average Bonchev–Trinajstić information content (AvgIpc) is 3.05. The van der Waals surface area contributed by atoms with Gasteiger partial charge in [0.2, 0.25) is 0 Å². The summed E-state index contributed by atoms with van der Waals surface area (Å²) in [4.78, 5) is 25.1. The summed E-state index contributed by atoms with van der Waals surface area (Å²) in [6.45, 7) is 0.121. The minimum absolute atomic E-state index is 0.121. The lowest BCUT2D eigenvalue weighted by molar-refractivity contribution is -0.171. The van der Waals surface area contributed by atoms with E-state index in [1.165, 1.54) is 7.11 Å². The molecule has 4 rings (SSSR count). The van der Waals surface area contributed by atoms with Crippen molar-refractivity contribution in [1.29, 1.82) is 0 Å². The molecule has 0 radical (unpaired) electrons. The van der Waals surface area contributed by atoms with Crippen LogP contribution in [0.5, 0.6) is 0 Å². The van der Waals surface area contributed by atoms with Gasteiger partial charge in [-0.3, -0.25) is 0 Å². The summed E-state index contributed by atoms with van der Waals surface area (Å²) in [5.74, 6) is -1.07. The maximum Gasteiger partial charge on any atom is 0.364 e. The highest BCUT2D eigenvalue weighted by Gasteiger charge is 2.59. The number of fused-ring (bicyclic) bond motifs is 3. The van der Waals surface area contributed by atoms with Crippen LogP contribution in [0.15, 0.2) is 64.9 Å². The molecule has 7 nitrogen and oxygen atoms in total. The van der Waals surface area contributed by atoms with Gasteiger partial charge in [-0.1, -0.05) is 48.0 Å². The van der Waals surface area contributed by atoms with Crippen molar-refractivity contribution >= 4 is 23.5 Å². The zero-order chi connectivity index (χ0) is 19.7. The van der Waals surface area contributed by atoms with Crippen molar-refractivity contribution in [3.8, 4) is 0 Å². The monoisotopic (exact) mass is 402 g/mol. The molecule has 1 heterocycles. The minimum atomic E-state index is -1.26. The van der Waals surface area contributed by atoms with E-state index in [1.54, 1.807) is 12.2 Å². The third kappa shape index (κ3) is 3.11. The fourth-order valence-corrected chi connectivity index (χ4v) is 3.88. The van der Waals surface area contributed by atoms with Crippen molar-refractivity contribution in [2.75, 3.05) is 7.11 Å². The Kier molecular flexibility index (Phi) is 4.97. The summed E-state index contributed by atoms with van der Waals surface area (Å²) >= 11 is 6.11. The Morgan fingerprint density at radius 1 is 1.29 bits per heavy atom. The van der Waals surface area contributed by atoms with E-state index in [9.17, 15) is 9.59 Å². The molecule has 1 aliphatic heterocycles. The van der Waals surface area contributed by atoms with Crippen molar-refractivity contribution in [2.24, 2.45) is 5.92 Å². The fraction of sp³-hybridized carbons (Fsp3) is 0.300. The fourth-order valence-electron chi connectivity index (χ4n) is 3.67. The van der Waals surface area contributed by atoms with Gasteiger partial charge in [0.05, 0.1) is 7.11 Å². The van der Waals surface area contributed by atoms with Crippen LogP contribution in [-0.2, 0) is 30.4 Å². The Balaban J connectivity index is 1.52. The van der Waals surface area contributed by atoms with Crippen molar-refractivity contribution in [3.05, 3.63) is 70.5 Å². The number of hydrogen-bond acceptors (Lipinski definition) is 7. The van der Waals surface area contributed by atoms with Crippen LogP contribution in [0, 0.1) is 5.92 Å². The number of allylic oxidation sites excluding steroid dienone is 4. The number of methoxy groups -OCH3 is 1. The van der Waals surface area contributed by atoms with Crippen molar-refractivity contribution in [2.45, 2.75) is 24.8 Å². The summed E-state index contributed by atoms with van der Waals surface area (Å²) in [6, 6.07) is 9.33. The Labute approximate surface area is 166 Å². The molecule has 1 saturated heterocycles. The predicted octanol–water partition coefficient (Wildman–Crippen LogP) is 2.06. The molecule has 146 valence electrons. The van der Waals surface area contributed by atoms with E-state index < -0.39 is 23.7 Å². The Bertz CT molecular complexity index is 895. The van der Waals surface area contributed by atoms with E-state index in [0.717, 1.165) is 11.1 Å². The molecule has 0 saturated carbocycles. The minimum Gasteiger partial charge on any atom is -0.467 e. The van der Waals surface area contributed by atoms with Gasteiger partial charge < -0.3 is 14.2 Å². The highest BCUT2D eigenvalue weighted by Crippen LogP contribution is 2.47. The first-order chi connectivity index (χ1) is 13.5. The van der Waals surface area contributed by atoms with E-state index in [-0.39, 0.29) is 12.5 Å². The van der Waals surface area contributed by atoms with Gasteiger partial charge in [-0.2, -0.15) is 0 Å². The third-order valence-corrected chi connectivity index (χ3v) is 5.32. The van der Waals surface area contributed by atoms with E-state index >= 15 is 0 Å². The van der Waals surface area contributed by atoms with Crippen LogP contribution >= 0.6 is 11.6 Å². The molecule has 3 aliphatic rings. The lowest BCUT2D eigenvalue weighted by atomic mass is 9.79. The number of nitrogens with one attached hydrogen (secondary N) is 2. The molecular weight excluding hydrogens is 384 g/mol. The quantitative estimate of drug-likeness (QED) is 0.745. The zero-order valence-electron chi connectivity index (χ0n) is 15.1. The second kappa shape index (κ2) is 7.43. The van der Waals surface area contributed by atoms with Crippen LogP contribution < -0.4 is 10.9 Å². The number of esters is 2. The van der Waals surface area contributed by atoms with Crippen molar-refractivity contribution < 1.29 is 23.8 Å². The molecule has 0 aromatic heterocycles. The summed E-state index contributed by atoms with van der Waals surface area (Å²) in [7, 11) is 1.31. The molecule has 2 aliphatic carbocycles. The van der Waals surface area contributed by atoms with Crippen LogP contribution in [0.25, 0.3) is 0 Å². The molecule has 0 unspecified atom stereocenters. The highest BCUT2D eigenvalue weighted by atomic mass is 35.5. The van der Waals surface area contributed by atoms with Gasteiger partial charge in [0.15, 0.2) is 5.54 Å². The molecule has 3 atom stereocenters. The van der Waals surface area contributed by atoms with E-state index in [0.29, 0.717) is 17.2 Å². The largest absolute Gasteiger partial charge is 0.467 e. The number of ether oxygens (including phenoxy) is 3. The second-order valence-corrected chi connectivity index (χ2v) is 7.13. The molecule has 2 N–H and O–H groups in total. The maximum atomic E-state index is 12.7. The lowest BCUT2D eigenvalue weighted by Crippen LogP contribution is -2.69. The number of hydrogen-bond donors (Lipinski definition) is 2. The first kappa shape index (κ1) is 18.7. The predicted molar refractivity (Wildman–Crippen MR) is 100 cm³/mol. The third-order valence-electron chi connectivity index (χ3n) is 5.06. The van der Waals surface area contributed by atoms with E-state index in [2.05, 4.69) is 10.9 Å². The van der Waals surface area contributed by atoms with Crippen molar-refractivity contribution in [3.63, 3.8) is 0 Å². The average molecular weight is 403 g/mol. The molecule has 1 fully saturated rings. The molecule has 1 aromatic carbocycles. The number of carbonyl (C=O) groups is 2. The van der Waals surface area contributed by atoms with Gasteiger partial charge in [0, 0.05) is 11.0 Å². The first-order valence-electron chi connectivity index (χ1n) is 8.82. The van der Waals surface area contributed by atoms with Gasteiger partial charge in [-0.05, 0) is 29.7 Å². The van der Waals surface area contributed by atoms with Crippen LogP contribution in [0.4, 0.5) is 0 Å². The van der Waals surface area contributed by atoms with Crippen LogP contribution in [0.2, 0.25) is 0 Å². The molecule has 28 heavy (non-hydrogen) atoms. The molecule has 0 amide bonds.